The van der Waals surface area contributed by atoms with E-state index in [0.717, 1.165) is 32.2 Å². The highest BCUT2D eigenvalue weighted by Gasteiger charge is 2.22. The van der Waals surface area contributed by atoms with Gasteiger partial charge >= 0.3 is 0 Å². The lowest BCUT2D eigenvalue weighted by Crippen LogP contribution is -2.40. The van der Waals surface area contributed by atoms with Crippen LogP contribution in [-0.4, -0.2) is 37.3 Å². The van der Waals surface area contributed by atoms with Crippen LogP contribution in [0.4, 0.5) is 0 Å². The van der Waals surface area contributed by atoms with E-state index >= 15 is 0 Å². The summed E-state index contributed by atoms with van der Waals surface area (Å²) >= 11 is 4.78. The van der Waals surface area contributed by atoms with E-state index < -0.39 is 0 Å². The van der Waals surface area contributed by atoms with Gasteiger partial charge in [0.05, 0.1) is 6.61 Å². The van der Waals surface area contributed by atoms with Crippen molar-refractivity contribution in [2.45, 2.75) is 38.1 Å². The number of nitrogens with two attached hydrogens (primary N) is 1. The molecule has 1 fully saturated rings. The van der Waals surface area contributed by atoms with E-state index in [9.17, 15) is 4.79 Å². The fraction of sp³-hybridized carbons (Fsp3) is 0.833. The van der Waals surface area contributed by atoms with Gasteiger partial charge in [-0.05, 0) is 43.8 Å². The first-order valence-electron chi connectivity index (χ1n) is 6.43. The first-order valence-corrected chi connectivity index (χ1v) is 6.84. The maximum Gasteiger partial charge on any atom is 0.222 e. The van der Waals surface area contributed by atoms with Crippen LogP contribution < -0.4 is 16.4 Å². The van der Waals surface area contributed by atoms with Crippen molar-refractivity contribution >= 4 is 23.2 Å². The second-order valence-electron chi connectivity index (χ2n) is 4.77. The van der Waals surface area contributed by atoms with E-state index in [-0.39, 0.29) is 5.91 Å². The molecule has 0 aliphatic heterocycles. The number of amides is 1. The molecule has 0 aromatic heterocycles. The third-order valence-corrected chi connectivity index (χ3v) is 3.45. The molecule has 0 atom stereocenters. The minimum Gasteiger partial charge on any atom is -0.384 e. The Hall–Kier alpha value is -0.880. The van der Waals surface area contributed by atoms with Gasteiger partial charge in [0.2, 0.25) is 5.91 Å². The van der Waals surface area contributed by atoms with Crippen molar-refractivity contribution in [1.29, 1.82) is 0 Å². The van der Waals surface area contributed by atoms with Gasteiger partial charge < -0.3 is 21.1 Å². The molecule has 5 nitrogen and oxygen atoms in total. The Balaban J connectivity index is 2.14. The highest BCUT2D eigenvalue weighted by atomic mass is 32.1. The highest BCUT2D eigenvalue weighted by Crippen LogP contribution is 2.23. The van der Waals surface area contributed by atoms with Crippen molar-refractivity contribution < 1.29 is 9.53 Å². The average Bonchev–Trinajstić information content (AvgIpc) is 2.35. The lowest BCUT2D eigenvalue weighted by molar-refractivity contribution is -0.122. The molecular formula is C12H23N3O2S. The molecule has 1 saturated carbocycles. The first-order chi connectivity index (χ1) is 8.61. The zero-order valence-electron chi connectivity index (χ0n) is 10.9. The topological polar surface area (TPSA) is 76.4 Å². The molecule has 6 heteroatoms. The van der Waals surface area contributed by atoms with Gasteiger partial charge in [-0.1, -0.05) is 0 Å². The molecule has 1 amide bonds. The average molecular weight is 273 g/mol. The van der Waals surface area contributed by atoms with Gasteiger partial charge in [-0.3, -0.25) is 4.79 Å². The van der Waals surface area contributed by atoms with Gasteiger partial charge in [0.15, 0.2) is 5.11 Å². The van der Waals surface area contributed by atoms with Crippen molar-refractivity contribution in [3.63, 3.8) is 0 Å². The Kier molecular flexibility index (Phi) is 6.97. The standard InChI is InChI=1S/C12H23N3O2S/c1-17-7-6-11(16)15-10-4-2-9(3-5-10)8-14-12(13)18/h9-10H,2-8H2,1H3,(H,15,16)(H3,13,14,18). The first kappa shape index (κ1) is 15.2. The molecule has 1 aliphatic carbocycles. The Morgan fingerprint density at radius 1 is 1.39 bits per heavy atom. The summed E-state index contributed by atoms with van der Waals surface area (Å²) in [4.78, 5) is 11.5. The number of hydrogen-bond acceptors (Lipinski definition) is 3. The zero-order chi connectivity index (χ0) is 13.4. The fourth-order valence-electron chi connectivity index (χ4n) is 2.25. The number of ether oxygens (including phenoxy) is 1. The largest absolute Gasteiger partial charge is 0.384 e. The van der Waals surface area contributed by atoms with Crippen molar-refractivity contribution in [3.05, 3.63) is 0 Å². The summed E-state index contributed by atoms with van der Waals surface area (Å²) < 4.78 is 4.88. The SMILES string of the molecule is COCCC(=O)NC1CCC(CNC(N)=S)CC1. The maximum absolute atomic E-state index is 11.5. The predicted molar refractivity (Wildman–Crippen MR) is 75.2 cm³/mol. The van der Waals surface area contributed by atoms with Crippen molar-refractivity contribution in [1.82, 2.24) is 10.6 Å². The number of nitrogens with one attached hydrogen (secondary N) is 2. The van der Waals surface area contributed by atoms with Gasteiger partial charge in [-0.2, -0.15) is 0 Å². The predicted octanol–water partition coefficient (Wildman–Crippen LogP) is 0.531. The summed E-state index contributed by atoms with van der Waals surface area (Å²) in [5, 5.41) is 6.42. The molecule has 0 heterocycles. The molecule has 0 spiro atoms. The van der Waals surface area contributed by atoms with Gasteiger partial charge in [0.25, 0.3) is 0 Å². The van der Waals surface area contributed by atoms with E-state index in [1.165, 1.54) is 0 Å². The molecule has 1 rings (SSSR count). The lowest BCUT2D eigenvalue weighted by atomic mass is 9.86. The van der Waals surface area contributed by atoms with Gasteiger partial charge in [0, 0.05) is 26.1 Å². The molecule has 0 saturated heterocycles. The summed E-state index contributed by atoms with van der Waals surface area (Å²) in [6.07, 6.45) is 4.71. The van der Waals surface area contributed by atoms with Crippen LogP contribution in [-0.2, 0) is 9.53 Å². The molecule has 18 heavy (non-hydrogen) atoms. The van der Waals surface area contributed by atoms with Crippen LogP contribution >= 0.6 is 12.2 Å². The lowest BCUT2D eigenvalue weighted by Gasteiger charge is -2.29. The molecule has 0 bridgehead atoms. The van der Waals surface area contributed by atoms with E-state index in [4.69, 9.17) is 22.7 Å². The minimum absolute atomic E-state index is 0.0848. The highest BCUT2D eigenvalue weighted by molar-refractivity contribution is 7.80. The van der Waals surface area contributed by atoms with Crippen LogP contribution in [0, 0.1) is 5.92 Å². The molecule has 4 N–H and O–H groups in total. The van der Waals surface area contributed by atoms with Crippen molar-refractivity contribution in [2.24, 2.45) is 11.7 Å². The Morgan fingerprint density at radius 3 is 2.61 bits per heavy atom. The van der Waals surface area contributed by atoms with Crippen LogP contribution in [0.15, 0.2) is 0 Å². The third kappa shape index (κ3) is 6.16. The molecular weight excluding hydrogens is 250 g/mol. The Morgan fingerprint density at radius 2 is 2.06 bits per heavy atom. The summed E-state index contributed by atoms with van der Waals surface area (Å²) in [6, 6.07) is 0.315. The third-order valence-electron chi connectivity index (χ3n) is 3.31. The van der Waals surface area contributed by atoms with Crippen LogP contribution in [0.3, 0.4) is 0 Å². The Bertz CT molecular complexity index is 278. The molecule has 0 unspecified atom stereocenters. The second kappa shape index (κ2) is 8.26. The number of hydrogen-bond donors (Lipinski definition) is 3. The number of carbonyl (C=O) groups excluding carboxylic acids is 1. The van der Waals surface area contributed by atoms with E-state index in [1.54, 1.807) is 7.11 Å². The normalized spacial score (nSPS) is 23.4. The summed E-state index contributed by atoms with van der Waals surface area (Å²) in [5.74, 6) is 0.695. The number of methoxy groups -OCH3 is 1. The van der Waals surface area contributed by atoms with Crippen LogP contribution in [0.1, 0.15) is 32.1 Å². The molecule has 1 aliphatic rings. The van der Waals surface area contributed by atoms with Crippen LogP contribution in [0.25, 0.3) is 0 Å². The quantitative estimate of drug-likeness (QED) is 0.616. The van der Waals surface area contributed by atoms with Gasteiger partial charge in [-0.25, -0.2) is 0 Å². The molecule has 104 valence electrons. The van der Waals surface area contributed by atoms with E-state index in [2.05, 4.69) is 10.6 Å². The molecule has 0 radical (unpaired) electrons. The zero-order valence-corrected chi connectivity index (χ0v) is 11.7. The maximum atomic E-state index is 11.5. The second-order valence-corrected chi connectivity index (χ2v) is 5.21. The monoisotopic (exact) mass is 273 g/mol. The Labute approximate surface area is 114 Å². The van der Waals surface area contributed by atoms with E-state index in [1.807, 2.05) is 0 Å². The van der Waals surface area contributed by atoms with Crippen molar-refractivity contribution in [2.75, 3.05) is 20.3 Å². The molecule has 0 aromatic carbocycles. The number of rotatable bonds is 6. The smallest absolute Gasteiger partial charge is 0.222 e. The molecule has 0 aromatic rings. The summed E-state index contributed by atoms with van der Waals surface area (Å²) in [6.45, 7) is 1.33. The fourth-order valence-corrected chi connectivity index (χ4v) is 2.33. The minimum atomic E-state index is 0.0848. The van der Waals surface area contributed by atoms with Crippen LogP contribution in [0.2, 0.25) is 0 Å². The van der Waals surface area contributed by atoms with Crippen LogP contribution in [0.5, 0.6) is 0 Å². The van der Waals surface area contributed by atoms with Gasteiger partial charge in [-0.15, -0.1) is 0 Å². The van der Waals surface area contributed by atoms with E-state index in [0.29, 0.717) is 30.1 Å². The number of carbonyl (C=O) groups is 1. The van der Waals surface area contributed by atoms with Gasteiger partial charge in [0.1, 0.15) is 0 Å². The summed E-state index contributed by atoms with van der Waals surface area (Å²) in [7, 11) is 1.60. The number of thiocarbonyl (C=S) groups is 1. The van der Waals surface area contributed by atoms with Crippen molar-refractivity contribution in [3.8, 4) is 0 Å². The summed E-state index contributed by atoms with van der Waals surface area (Å²) in [5.41, 5.74) is 5.40.